The monoisotopic (exact) mass is 336 g/mol. The van der Waals surface area contributed by atoms with Crippen LogP contribution < -0.4 is 0 Å². The zero-order chi connectivity index (χ0) is 17.2. The van der Waals surface area contributed by atoms with E-state index in [1.54, 1.807) is 11.0 Å². The number of nitrogens with zero attached hydrogens (tertiary/aromatic N) is 6. The summed E-state index contributed by atoms with van der Waals surface area (Å²) in [5.41, 5.74) is 2.09. The van der Waals surface area contributed by atoms with E-state index in [-0.39, 0.29) is 18.5 Å². The summed E-state index contributed by atoms with van der Waals surface area (Å²) in [7, 11) is 0. The first kappa shape index (κ1) is 15.6. The van der Waals surface area contributed by atoms with Crippen molar-refractivity contribution in [1.82, 2.24) is 29.4 Å². The maximum absolute atomic E-state index is 12.6. The standard InChI is InChI=1S/C18H20N6O/c1-14-9-20-24(10-14)16-7-8-22(11-16)17(25)12-23-13-19-18(21-23)15-5-3-2-4-6-15/h2-6,9-10,13,16H,7-8,11-12H2,1H3. The Labute approximate surface area is 145 Å². The molecule has 1 unspecified atom stereocenters. The first-order valence-electron chi connectivity index (χ1n) is 8.42. The van der Waals surface area contributed by atoms with Crippen molar-refractivity contribution in [3.63, 3.8) is 0 Å². The number of benzene rings is 1. The summed E-state index contributed by atoms with van der Waals surface area (Å²) >= 11 is 0. The van der Waals surface area contributed by atoms with Crippen molar-refractivity contribution >= 4 is 5.91 Å². The van der Waals surface area contributed by atoms with Gasteiger partial charge in [-0.2, -0.15) is 10.2 Å². The molecule has 0 N–H and O–H groups in total. The molecule has 1 aliphatic rings. The summed E-state index contributed by atoms with van der Waals surface area (Å²) in [5.74, 6) is 0.704. The molecule has 2 aromatic heterocycles. The molecule has 0 spiro atoms. The van der Waals surface area contributed by atoms with E-state index in [0.29, 0.717) is 12.4 Å². The van der Waals surface area contributed by atoms with Gasteiger partial charge in [0.05, 0.1) is 12.2 Å². The van der Waals surface area contributed by atoms with Gasteiger partial charge < -0.3 is 4.90 Å². The van der Waals surface area contributed by atoms with Crippen molar-refractivity contribution in [2.24, 2.45) is 0 Å². The average Bonchev–Trinajstić information content (AvgIpc) is 3.35. The third-order valence-electron chi connectivity index (χ3n) is 4.49. The SMILES string of the molecule is Cc1cnn(C2CCN(C(=O)Cn3cnc(-c4ccccc4)n3)C2)c1. The largest absolute Gasteiger partial charge is 0.339 e. The van der Waals surface area contributed by atoms with Gasteiger partial charge in [-0.25, -0.2) is 9.67 Å². The van der Waals surface area contributed by atoms with E-state index in [0.717, 1.165) is 24.1 Å². The van der Waals surface area contributed by atoms with Crippen molar-refractivity contribution in [1.29, 1.82) is 0 Å². The molecule has 1 aliphatic heterocycles. The lowest BCUT2D eigenvalue weighted by Crippen LogP contribution is -2.32. The van der Waals surface area contributed by atoms with Crippen LogP contribution in [0.2, 0.25) is 0 Å². The molecular weight excluding hydrogens is 316 g/mol. The Morgan fingerprint density at radius 2 is 2.12 bits per heavy atom. The van der Waals surface area contributed by atoms with E-state index in [1.165, 1.54) is 0 Å². The molecule has 128 valence electrons. The fourth-order valence-electron chi connectivity index (χ4n) is 3.15. The number of carbonyl (C=O) groups is 1. The predicted octanol–water partition coefficient (Wildman–Crippen LogP) is 1.92. The van der Waals surface area contributed by atoms with Gasteiger partial charge in [0.25, 0.3) is 0 Å². The van der Waals surface area contributed by atoms with Crippen LogP contribution in [0.15, 0.2) is 49.1 Å². The lowest BCUT2D eigenvalue weighted by atomic mass is 10.2. The lowest BCUT2D eigenvalue weighted by Gasteiger charge is -2.16. The Balaban J connectivity index is 1.39. The van der Waals surface area contributed by atoms with E-state index < -0.39 is 0 Å². The number of rotatable bonds is 4. The summed E-state index contributed by atoms with van der Waals surface area (Å²) in [6.07, 6.45) is 6.43. The highest BCUT2D eigenvalue weighted by Crippen LogP contribution is 2.21. The summed E-state index contributed by atoms with van der Waals surface area (Å²) < 4.78 is 3.57. The van der Waals surface area contributed by atoms with Gasteiger partial charge in [-0.3, -0.25) is 9.48 Å². The molecule has 4 rings (SSSR count). The van der Waals surface area contributed by atoms with Gasteiger partial charge in [-0.15, -0.1) is 0 Å². The zero-order valence-corrected chi connectivity index (χ0v) is 14.1. The molecule has 0 radical (unpaired) electrons. The summed E-state index contributed by atoms with van der Waals surface area (Å²) in [6, 6.07) is 10.0. The molecule has 25 heavy (non-hydrogen) atoms. The second-order valence-electron chi connectivity index (χ2n) is 6.41. The van der Waals surface area contributed by atoms with Crippen LogP contribution in [-0.2, 0) is 11.3 Å². The van der Waals surface area contributed by atoms with Gasteiger partial charge in [0.1, 0.15) is 12.9 Å². The zero-order valence-electron chi connectivity index (χ0n) is 14.1. The number of hydrogen-bond donors (Lipinski definition) is 0. The molecule has 1 fully saturated rings. The number of amides is 1. The van der Waals surface area contributed by atoms with Crippen LogP contribution in [0.4, 0.5) is 0 Å². The second kappa shape index (κ2) is 6.51. The molecular formula is C18H20N6O. The Bertz CT molecular complexity index is 869. The summed E-state index contributed by atoms with van der Waals surface area (Å²) in [6.45, 7) is 3.68. The van der Waals surface area contributed by atoms with Crippen LogP contribution in [0.5, 0.6) is 0 Å². The minimum absolute atomic E-state index is 0.0656. The van der Waals surface area contributed by atoms with E-state index in [1.807, 2.05) is 59.2 Å². The molecule has 1 atom stereocenters. The van der Waals surface area contributed by atoms with Crippen LogP contribution >= 0.6 is 0 Å². The second-order valence-corrected chi connectivity index (χ2v) is 6.41. The Morgan fingerprint density at radius 3 is 2.88 bits per heavy atom. The van der Waals surface area contributed by atoms with Gasteiger partial charge in [-0.1, -0.05) is 30.3 Å². The summed E-state index contributed by atoms with van der Waals surface area (Å²) in [4.78, 5) is 18.7. The fourth-order valence-corrected chi connectivity index (χ4v) is 3.15. The maximum atomic E-state index is 12.6. The lowest BCUT2D eigenvalue weighted by molar-refractivity contribution is -0.131. The Morgan fingerprint density at radius 1 is 1.28 bits per heavy atom. The molecule has 0 bridgehead atoms. The molecule has 3 heterocycles. The Hall–Kier alpha value is -2.96. The third-order valence-corrected chi connectivity index (χ3v) is 4.49. The van der Waals surface area contributed by atoms with Crippen LogP contribution in [0, 0.1) is 6.92 Å². The van der Waals surface area contributed by atoms with Crippen molar-refractivity contribution in [3.05, 3.63) is 54.6 Å². The highest BCUT2D eigenvalue weighted by atomic mass is 16.2. The quantitative estimate of drug-likeness (QED) is 0.730. The van der Waals surface area contributed by atoms with Crippen molar-refractivity contribution < 1.29 is 4.79 Å². The molecule has 7 heteroatoms. The number of likely N-dealkylation sites (tertiary alicyclic amines) is 1. The summed E-state index contributed by atoms with van der Waals surface area (Å²) in [5, 5.41) is 8.78. The van der Waals surface area contributed by atoms with Crippen LogP contribution in [0.1, 0.15) is 18.0 Å². The minimum Gasteiger partial charge on any atom is -0.339 e. The first-order chi connectivity index (χ1) is 12.2. The molecule has 1 amide bonds. The van der Waals surface area contributed by atoms with E-state index in [9.17, 15) is 4.79 Å². The molecule has 3 aromatic rings. The number of carbonyl (C=O) groups excluding carboxylic acids is 1. The van der Waals surface area contributed by atoms with Crippen molar-refractivity contribution in [3.8, 4) is 11.4 Å². The van der Waals surface area contributed by atoms with Crippen molar-refractivity contribution in [2.75, 3.05) is 13.1 Å². The number of aromatic nitrogens is 5. The topological polar surface area (TPSA) is 68.8 Å². The molecule has 0 aliphatic carbocycles. The fraction of sp³-hybridized carbons (Fsp3) is 0.333. The highest BCUT2D eigenvalue weighted by molar-refractivity contribution is 5.76. The van der Waals surface area contributed by atoms with Crippen molar-refractivity contribution in [2.45, 2.75) is 25.9 Å². The number of aryl methyl sites for hydroxylation is 1. The number of hydrogen-bond acceptors (Lipinski definition) is 4. The van der Waals surface area contributed by atoms with Gasteiger partial charge >= 0.3 is 0 Å². The minimum atomic E-state index is 0.0656. The normalized spacial score (nSPS) is 17.2. The molecule has 7 nitrogen and oxygen atoms in total. The predicted molar refractivity (Wildman–Crippen MR) is 92.7 cm³/mol. The van der Waals surface area contributed by atoms with E-state index in [2.05, 4.69) is 15.2 Å². The van der Waals surface area contributed by atoms with Gasteiger partial charge in [0.2, 0.25) is 5.91 Å². The molecule has 1 saturated heterocycles. The Kier molecular flexibility index (Phi) is 4.05. The van der Waals surface area contributed by atoms with E-state index >= 15 is 0 Å². The third kappa shape index (κ3) is 3.31. The average molecular weight is 336 g/mol. The van der Waals surface area contributed by atoms with Gasteiger partial charge in [-0.05, 0) is 18.9 Å². The molecule has 1 aromatic carbocycles. The van der Waals surface area contributed by atoms with Crippen LogP contribution in [-0.4, -0.2) is 48.4 Å². The highest BCUT2D eigenvalue weighted by Gasteiger charge is 2.28. The molecule has 0 saturated carbocycles. The van der Waals surface area contributed by atoms with Crippen LogP contribution in [0.25, 0.3) is 11.4 Å². The van der Waals surface area contributed by atoms with Crippen LogP contribution in [0.3, 0.4) is 0 Å². The van der Waals surface area contributed by atoms with Gasteiger partial charge in [0, 0.05) is 24.8 Å². The first-order valence-corrected chi connectivity index (χ1v) is 8.42. The maximum Gasteiger partial charge on any atom is 0.244 e. The van der Waals surface area contributed by atoms with Gasteiger partial charge in [0.15, 0.2) is 5.82 Å². The smallest absolute Gasteiger partial charge is 0.244 e. The van der Waals surface area contributed by atoms with E-state index in [4.69, 9.17) is 0 Å².